The lowest BCUT2D eigenvalue weighted by Crippen LogP contribution is -2.21. The van der Waals surface area contributed by atoms with Crippen LogP contribution in [0.1, 0.15) is 30.1 Å². The van der Waals surface area contributed by atoms with E-state index in [1.807, 2.05) is 0 Å². The van der Waals surface area contributed by atoms with Crippen LogP contribution >= 0.6 is 0 Å². The Kier molecular flexibility index (Phi) is 3.26. The molecule has 1 aromatic carbocycles. The summed E-state index contributed by atoms with van der Waals surface area (Å²) >= 11 is 0. The van der Waals surface area contributed by atoms with Gasteiger partial charge in [0.15, 0.2) is 11.6 Å². The Morgan fingerprint density at radius 1 is 1.15 bits per heavy atom. The number of anilines is 1. The maximum atomic E-state index is 13.2. The summed E-state index contributed by atoms with van der Waals surface area (Å²) in [7, 11) is 0. The van der Waals surface area contributed by atoms with E-state index in [1.165, 1.54) is 12.1 Å². The molecule has 0 spiro atoms. The van der Waals surface area contributed by atoms with Crippen LogP contribution in [0.2, 0.25) is 0 Å². The summed E-state index contributed by atoms with van der Waals surface area (Å²) in [6.07, 6.45) is 2.66. The third kappa shape index (κ3) is 2.43. The van der Waals surface area contributed by atoms with Gasteiger partial charge in [-0.1, -0.05) is 0 Å². The summed E-state index contributed by atoms with van der Waals surface area (Å²) in [4.78, 5) is 14.2. The summed E-state index contributed by atoms with van der Waals surface area (Å²) in [5.74, 6) is -1.73. The number of halogens is 2. The minimum absolute atomic E-state index is 0.000427. The topological polar surface area (TPSA) is 44.9 Å². The second-order valence-corrected chi connectivity index (χ2v) is 4.97. The van der Waals surface area contributed by atoms with E-state index in [0.29, 0.717) is 5.69 Å². The maximum Gasteiger partial charge on any atom is 0.248 e. The molecule has 20 heavy (non-hydrogen) atoms. The van der Waals surface area contributed by atoms with Gasteiger partial charge in [0.05, 0.1) is 6.04 Å². The zero-order valence-corrected chi connectivity index (χ0v) is 10.7. The zero-order chi connectivity index (χ0) is 14.1. The average molecular weight is 276 g/mol. The fourth-order valence-electron chi connectivity index (χ4n) is 2.64. The van der Waals surface area contributed by atoms with Crippen molar-refractivity contribution in [1.82, 2.24) is 4.98 Å². The largest absolute Gasteiger partial charge is 0.378 e. The highest BCUT2D eigenvalue weighted by Gasteiger charge is 2.20. The quantitative estimate of drug-likeness (QED) is 0.885. The number of fused-ring (bicyclic) bond motifs is 1. The number of aromatic nitrogens is 1. The van der Waals surface area contributed by atoms with Crippen molar-refractivity contribution in [2.24, 2.45) is 0 Å². The maximum absolute atomic E-state index is 13.2. The van der Waals surface area contributed by atoms with Crippen molar-refractivity contribution in [3.05, 3.63) is 63.6 Å². The van der Waals surface area contributed by atoms with Crippen LogP contribution in [-0.2, 0) is 6.42 Å². The molecule has 1 aliphatic carbocycles. The molecule has 5 heteroatoms. The molecular formula is C15H14F2N2O. The number of nitrogens with one attached hydrogen (secondary N) is 2. The van der Waals surface area contributed by atoms with Gasteiger partial charge in [-0.3, -0.25) is 4.79 Å². The fraction of sp³-hybridized carbons (Fsp3) is 0.267. The number of benzene rings is 1. The molecule has 0 radical (unpaired) electrons. The van der Waals surface area contributed by atoms with Gasteiger partial charge in [-0.25, -0.2) is 8.78 Å². The van der Waals surface area contributed by atoms with Crippen LogP contribution in [0.5, 0.6) is 0 Å². The highest BCUT2D eigenvalue weighted by atomic mass is 19.2. The van der Waals surface area contributed by atoms with Crippen LogP contribution in [0.25, 0.3) is 0 Å². The van der Waals surface area contributed by atoms with Gasteiger partial charge in [0, 0.05) is 23.5 Å². The molecule has 1 aromatic heterocycles. The molecule has 1 aliphatic rings. The van der Waals surface area contributed by atoms with Gasteiger partial charge < -0.3 is 10.3 Å². The van der Waals surface area contributed by atoms with Gasteiger partial charge in [-0.2, -0.15) is 0 Å². The number of hydrogen-bond donors (Lipinski definition) is 2. The number of hydrogen-bond acceptors (Lipinski definition) is 2. The van der Waals surface area contributed by atoms with E-state index in [1.54, 1.807) is 6.07 Å². The van der Waals surface area contributed by atoms with Crippen molar-refractivity contribution in [2.75, 3.05) is 5.32 Å². The lowest BCUT2D eigenvalue weighted by atomic mass is 9.91. The molecule has 1 heterocycles. The first-order valence-corrected chi connectivity index (χ1v) is 6.57. The summed E-state index contributed by atoms with van der Waals surface area (Å²) in [5.41, 5.74) is 2.36. The Labute approximate surface area is 114 Å². The van der Waals surface area contributed by atoms with E-state index in [2.05, 4.69) is 10.3 Å². The minimum Gasteiger partial charge on any atom is -0.378 e. The molecule has 1 atom stereocenters. The molecule has 0 bridgehead atoms. The van der Waals surface area contributed by atoms with Gasteiger partial charge in [0.2, 0.25) is 5.56 Å². The predicted molar refractivity (Wildman–Crippen MR) is 72.7 cm³/mol. The molecule has 0 aliphatic heterocycles. The second kappa shape index (κ2) is 5.07. The van der Waals surface area contributed by atoms with Crippen molar-refractivity contribution in [3.63, 3.8) is 0 Å². The Morgan fingerprint density at radius 2 is 2.00 bits per heavy atom. The van der Waals surface area contributed by atoms with E-state index >= 15 is 0 Å². The van der Waals surface area contributed by atoms with Crippen molar-refractivity contribution < 1.29 is 8.78 Å². The van der Waals surface area contributed by atoms with Gasteiger partial charge in [0.1, 0.15) is 0 Å². The third-order valence-electron chi connectivity index (χ3n) is 3.59. The number of aromatic amines is 1. The standard InChI is InChI=1S/C15H14F2N2O/c16-11-6-4-9(8-12(11)17)18-13-2-1-3-14-10(13)5-7-15(20)19-14/h4-8,13,18H,1-3H2,(H,19,20). The third-order valence-corrected chi connectivity index (χ3v) is 3.59. The average Bonchev–Trinajstić information content (AvgIpc) is 2.43. The van der Waals surface area contributed by atoms with Crippen molar-refractivity contribution in [3.8, 4) is 0 Å². The Balaban J connectivity index is 1.89. The highest BCUT2D eigenvalue weighted by molar-refractivity contribution is 5.47. The Hall–Kier alpha value is -2.17. The van der Waals surface area contributed by atoms with Crippen molar-refractivity contribution in [2.45, 2.75) is 25.3 Å². The van der Waals surface area contributed by atoms with E-state index in [9.17, 15) is 13.6 Å². The zero-order valence-electron chi connectivity index (χ0n) is 10.7. The molecule has 1 unspecified atom stereocenters. The lowest BCUT2D eigenvalue weighted by Gasteiger charge is -2.26. The van der Waals surface area contributed by atoms with E-state index in [4.69, 9.17) is 0 Å². The normalized spacial score (nSPS) is 17.6. The molecule has 0 fully saturated rings. The van der Waals surface area contributed by atoms with E-state index in [0.717, 1.165) is 42.7 Å². The predicted octanol–water partition coefficient (Wildman–Crippen LogP) is 3.14. The van der Waals surface area contributed by atoms with Gasteiger partial charge in [0.25, 0.3) is 0 Å². The molecule has 0 amide bonds. The summed E-state index contributed by atoms with van der Waals surface area (Å²) in [6, 6.07) is 7.05. The molecule has 3 rings (SSSR count). The van der Waals surface area contributed by atoms with Gasteiger partial charge >= 0.3 is 0 Å². The first kappa shape index (κ1) is 12.8. The van der Waals surface area contributed by atoms with Crippen LogP contribution in [-0.4, -0.2) is 4.98 Å². The molecular weight excluding hydrogens is 262 g/mol. The van der Waals surface area contributed by atoms with Crippen molar-refractivity contribution in [1.29, 1.82) is 0 Å². The smallest absolute Gasteiger partial charge is 0.248 e. The molecule has 3 nitrogen and oxygen atoms in total. The summed E-state index contributed by atoms with van der Waals surface area (Å²) in [5, 5.41) is 3.20. The van der Waals surface area contributed by atoms with Crippen molar-refractivity contribution >= 4 is 5.69 Å². The van der Waals surface area contributed by atoms with E-state index in [-0.39, 0.29) is 11.6 Å². The van der Waals surface area contributed by atoms with Crippen LogP contribution < -0.4 is 10.9 Å². The number of rotatable bonds is 2. The van der Waals surface area contributed by atoms with E-state index < -0.39 is 11.6 Å². The SMILES string of the molecule is O=c1ccc2c([nH]1)CCCC2Nc1ccc(F)c(F)c1. The Morgan fingerprint density at radius 3 is 2.80 bits per heavy atom. The molecule has 0 saturated heterocycles. The molecule has 0 saturated carbocycles. The highest BCUT2D eigenvalue weighted by Crippen LogP contribution is 2.31. The monoisotopic (exact) mass is 276 g/mol. The molecule has 104 valence electrons. The fourth-order valence-corrected chi connectivity index (χ4v) is 2.64. The number of pyridine rings is 1. The van der Waals surface area contributed by atoms with Crippen LogP contribution in [0.4, 0.5) is 14.5 Å². The molecule has 2 aromatic rings. The Bertz CT molecular complexity index is 697. The van der Waals surface area contributed by atoms with Gasteiger partial charge in [-0.05, 0) is 43.0 Å². The first-order valence-electron chi connectivity index (χ1n) is 6.57. The summed E-state index contributed by atoms with van der Waals surface area (Å²) < 4.78 is 26.1. The second-order valence-electron chi connectivity index (χ2n) is 4.97. The van der Waals surface area contributed by atoms with Crippen LogP contribution in [0.3, 0.4) is 0 Å². The lowest BCUT2D eigenvalue weighted by molar-refractivity contribution is 0.508. The molecule has 2 N–H and O–H groups in total. The number of aryl methyl sites for hydroxylation is 1. The van der Waals surface area contributed by atoms with Crippen LogP contribution in [0.15, 0.2) is 35.1 Å². The number of H-pyrrole nitrogens is 1. The van der Waals surface area contributed by atoms with Gasteiger partial charge in [-0.15, -0.1) is 0 Å². The first-order chi connectivity index (χ1) is 9.63. The summed E-state index contributed by atoms with van der Waals surface area (Å²) in [6.45, 7) is 0. The minimum atomic E-state index is -0.868. The van der Waals surface area contributed by atoms with Crippen LogP contribution in [0, 0.1) is 11.6 Å².